The highest BCUT2D eigenvalue weighted by molar-refractivity contribution is 5.79. The van der Waals surface area contributed by atoms with E-state index in [1.165, 1.54) is 11.1 Å². The Morgan fingerprint density at radius 1 is 0.967 bits per heavy atom. The van der Waals surface area contributed by atoms with Gasteiger partial charge in [0.2, 0.25) is 5.89 Å². The molecule has 0 radical (unpaired) electrons. The number of nitrogens with one attached hydrogen (secondary N) is 2. The molecule has 0 fully saturated rings. The molecule has 158 valence electrons. The largest absolute Gasteiger partial charge is 0.356 e. The molecule has 1 aromatic heterocycles. The van der Waals surface area contributed by atoms with Crippen molar-refractivity contribution in [2.24, 2.45) is 4.99 Å². The highest BCUT2D eigenvalue weighted by atomic mass is 16.5. The Kier molecular flexibility index (Phi) is 8.41. The summed E-state index contributed by atoms with van der Waals surface area (Å²) in [4.78, 5) is 10.9. The van der Waals surface area contributed by atoms with Crippen molar-refractivity contribution in [2.45, 2.75) is 33.0 Å². The van der Waals surface area contributed by atoms with Crippen molar-refractivity contribution in [3.63, 3.8) is 0 Å². The standard InChI is InChI=1S/C23H30N6O/c1-19-27-22(28-30-19)16-26-23(24-2)25-14-9-15-29(17-20-10-5-3-6-11-20)18-21-12-7-4-8-13-21/h3-8,10-13H,9,14-18H2,1-2H3,(H2,24,25,26). The average Bonchev–Trinajstić information content (AvgIpc) is 3.19. The summed E-state index contributed by atoms with van der Waals surface area (Å²) in [5.74, 6) is 1.91. The van der Waals surface area contributed by atoms with Crippen LogP contribution in [0.1, 0.15) is 29.3 Å². The van der Waals surface area contributed by atoms with E-state index in [1.807, 2.05) is 0 Å². The zero-order valence-electron chi connectivity index (χ0n) is 17.7. The number of hydrogen-bond donors (Lipinski definition) is 2. The predicted octanol–water partition coefficient (Wildman–Crippen LogP) is 3.14. The molecule has 0 aliphatic carbocycles. The monoisotopic (exact) mass is 406 g/mol. The third-order valence-electron chi connectivity index (χ3n) is 4.65. The summed E-state index contributed by atoms with van der Waals surface area (Å²) in [5, 5.41) is 10.4. The normalized spacial score (nSPS) is 11.6. The molecular weight excluding hydrogens is 376 g/mol. The van der Waals surface area contributed by atoms with Gasteiger partial charge in [-0.2, -0.15) is 4.98 Å². The van der Waals surface area contributed by atoms with Crippen LogP contribution < -0.4 is 10.6 Å². The summed E-state index contributed by atoms with van der Waals surface area (Å²) in [6.07, 6.45) is 1.00. The van der Waals surface area contributed by atoms with Crippen LogP contribution in [-0.4, -0.2) is 41.1 Å². The lowest BCUT2D eigenvalue weighted by Gasteiger charge is -2.23. The Hall–Kier alpha value is -3.19. The SMILES string of the molecule is CN=C(NCCCN(Cc1ccccc1)Cc1ccccc1)NCc1noc(C)n1. The van der Waals surface area contributed by atoms with E-state index in [1.54, 1.807) is 14.0 Å². The summed E-state index contributed by atoms with van der Waals surface area (Å²) < 4.78 is 4.99. The van der Waals surface area contributed by atoms with Crippen molar-refractivity contribution >= 4 is 5.96 Å². The fraction of sp³-hybridized carbons (Fsp3) is 0.348. The maximum Gasteiger partial charge on any atom is 0.223 e. The van der Waals surface area contributed by atoms with E-state index in [2.05, 4.69) is 91.3 Å². The number of hydrogen-bond acceptors (Lipinski definition) is 5. The van der Waals surface area contributed by atoms with Gasteiger partial charge in [0.1, 0.15) is 0 Å². The van der Waals surface area contributed by atoms with Gasteiger partial charge in [0.25, 0.3) is 0 Å². The Balaban J connectivity index is 1.46. The minimum absolute atomic E-state index is 0.477. The van der Waals surface area contributed by atoms with Crippen molar-refractivity contribution in [1.29, 1.82) is 0 Å². The van der Waals surface area contributed by atoms with Crippen LogP contribution in [-0.2, 0) is 19.6 Å². The van der Waals surface area contributed by atoms with E-state index in [0.717, 1.165) is 38.6 Å². The van der Waals surface area contributed by atoms with Crippen molar-refractivity contribution in [1.82, 2.24) is 25.7 Å². The maximum absolute atomic E-state index is 4.99. The number of aryl methyl sites for hydroxylation is 1. The van der Waals surface area contributed by atoms with Crippen molar-refractivity contribution in [2.75, 3.05) is 20.1 Å². The van der Waals surface area contributed by atoms with Gasteiger partial charge in [-0.25, -0.2) is 0 Å². The first-order valence-electron chi connectivity index (χ1n) is 10.3. The van der Waals surface area contributed by atoms with Crippen LogP contribution >= 0.6 is 0 Å². The zero-order valence-corrected chi connectivity index (χ0v) is 17.7. The van der Waals surface area contributed by atoms with E-state index in [-0.39, 0.29) is 0 Å². The predicted molar refractivity (Wildman–Crippen MR) is 119 cm³/mol. The fourth-order valence-electron chi connectivity index (χ4n) is 3.20. The first kappa shape index (κ1) is 21.5. The van der Waals surface area contributed by atoms with Gasteiger partial charge >= 0.3 is 0 Å². The molecule has 2 aromatic carbocycles. The number of nitrogens with zero attached hydrogens (tertiary/aromatic N) is 4. The summed E-state index contributed by atoms with van der Waals surface area (Å²) >= 11 is 0. The van der Waals surface area contributed by atoms with E-state index in [0.29, 0.717) is 18.3 Å². The Morgan fingerprint density at radius 3 is 2.13 bits per heavy atom. The number of guanidine groups is 1. The summed E-state index contributed by atoms with van der Waals surface area (Å²) in [5.41, 5.74) is 2.66. The van der Waals surface area contributed by atoms with E-state index < -0.39 is 0 Å². The molecule has 7 nitrogen and oxygen atoms in total. The highest BCUT2D eigenvalue weighted by Gasteiger charge is 2.08. The third kappa shape index (κ3) is 7.33. The number of aliphatic imine (C=N–C) groups is 1. The van der Waals surface area contributed by atoms with Crippen LogP contribution in [0.15, 0.2) is 70.2 Å². The molecule has 0 bridgehead atoms. The summed E-state index contributed by atoms with van der Waals surface area (Å²) in [7, 11) is 1.76. The molecule has 30 heavy (non-hydrogen) atoms. The molecule has 0 spiro atoms. The quantitative estimate of drug-likeness (QED) is 0.306. The molecule has 0 aliphatic rings. The van der Waals surface area contributed by atoms with E-state index in [9.17, 15) is 0 Å². The molecule has 0 saturated carbocycles. The van der Waals surface area contributed by atoms with Crippen LogP contribution in [0.2, 0.25) is 0 Å². The molecule has 3 aromatic rings. The van der Waals surface area contributed by atoms with Crippen molar-refractivity contribution in [3.8, 4) is 0 Å². The summed E-state index contributed by atoms with van der Waals surface area (Å²) in [6, 6.07) is 21.2. The minimum atomic E-state index is 0.477. The second-order valence-electron chi connectivity index (χ2n) is 7.12. The molecule has 0 unspecified atom stereocenters. The topological polar surface area (TPSA) is 78.6 Å². The van der Waals surface area contributed by atoms with Gasteiger partial charge in [0.15, 0.2) is 11.8 Å². The molecule has 0 atom stereocenters. The van der Waals surface area contributed by atoms with Crippen molar-refractivity contribution in [3.05, 3.63) is 83.5 Å². The van der Waals surface area contributed by atoms with Crippen LogP contribution in [0.5, 0.6) is 0 Å². The van der Waals surface area contributed by atoms with Crippen LogP contribution in [0, 0.1) is 6.92 Å². The second kappa shape index (κ2) is 11.7. The fourth-order valence-corrected chi connectivity index (χ4v) is 3.20. The highest BCUT2D eigenvalue weighted by Crippen LogP contribution is 2.10. The van der Waals surface area contributed by atoms with Gasteiger partial charge in [0, 0.05) is 40.2 Å². The van der Waals surface area contributed by atoms with Crippen LogP contribution in [0.4, 0.5) is 0 Å². The molecule has 3 rings (SSSR count). The summed E-state index contributed by atoms with van der Waals surface area (Å²) in [6.45, 7) is 5.92. The molecule has 2 N–H and O–H groups in total. The van der Waals surface area contributed by atoms with Gasteiger partial charge in [-0.1, -0.05) is 65.8 Å². The Labute approximate surface area is 178 Å². The van der Waals surface area contributed by atoms with Crippen LogP contribution in [0.3, 0.4) is 0 Å². The third-order valence-corrected chi connectivity index (χ3v) is 4.65. The number of rotatable bonds is 10. The lowest BCUT2D eigenvalue weighted by molar-refractivity contribution is 0.254. The smallest absolute Gasteiger partial charge is 0.223 e. The molecule has 0 saturated heterocycles. The Bertz CT molecular complexity index is 853. The molecule has 1 heterocycles. The van der Waals surface area contributed by atoms with Crippen molar-refractivity contribution < 1.29 is 4.52 Å². The second-order valence-corrected chi connectivity index (χ2v) is 7.12. The Morgan fingerprint density at radius 2 is 1.60 bits per heavy atom. The van der Waals surface area contributed by atoms with E-state index in [4.69, 9.17) is 4.52 Å². The van der Waals surface area contributed by atoms with Gasteiger partial charge in [-0.15, -0.1) is 0 Å². The lowest BCUT2D eigenvalue weighted by Crippen LogP contribution is -2.38. The van der Waals surface area contributed by atoms with Gasteiger partial charge in [-0.05, 0) is 17.5 Å². The first-order chi connectivity index (χ1) is 14.7. The van der Waals surface area contributed by atoms with Gasteiger partial charge in [-0.3, -0.25) is 9.89 Å². The maximum atomic E-state index is 4.99. The first-order valence-corrected chi connectivity index (χ1v) is 10.3. The van der Waals surface area contributed by atoms with E-state index >= 15 is 0 Å². The lowest BCUT2D eigenvalue weighted by atomic mass is 10.1. The number of aromatic nitrogens is 2. The van der Waals surface area contributed by atoms with Crippen LogP contribution in [0.25, 0.3) is 0 Å². The molecule has 7 heteroatoms. The minimum Gasteiger partial charge on any atom is -0.356 e. The molecular formula is C23H30N6O. The van der Waals surface area contributed by atoms with Gasteiger partial charge < -0.3 is 15.2 Å². The number of benzene rings is 2. The average molecular weight is 407 g/mol. The van der Waals surface area contributed by atoms with Gasteiger partial charge in [0.05, 0.1) is 6.54 Å². The molecule has 0 amide bonds. The molecule has 0 aliphatic heterocycles. The zero-order chi connectivity index (χ0) is 21.0.